The topological polar surface area (TPSA) is 62.3 Å². The minimum Gasteiger partial charge on any atom is -0.494 e. The number of aromatic nitrogens is 1. The molecule has 4 nitrogen and oxygen atoms in total. The number of aromatic amines is 1. The third-order valence-corrected chi connectivity index (χ3v) is 3.86. The number of aliphatic carboxylic acids is 1. The lowest BCUT2D eigenvalue weighted by Gasteiger charge is -2.05. The van der Waals surface area contributed by atoms with E-state index in [4.69, 9.17) is 16.3 Å². The summed E-state index contributed by atoms with van der Waals surface area (Å²) < 4.78 is 5.53. The van der Waals surface area contributed by atoms with Gasteiger partial charge in [0.25, 0.3) is 0 Å². The normalized spacial score (nSPS) is 10.9. The fraction of sp³-hybridized carbons (Fsp3) is 0.167. The summed E-state index contributed by atoms with van der Waals surface area (Å²) in [6.45, 7) is 2.47. The van der Waals surface area contributed by atoms with Crippen molar-refractivity contribution < 1.29 is 14.6 Å². The first-order valence-electron chi connectivity index (χ1n) is 7.33. The van der Waals surface area contributed by atoms with Gasteiger partial charge in [-0.05, 0) is 48.4 Å². The van der Waals surface area contributed by atoms with Crippen molar-refractivity contribution in [2.24, 2.45) is 0 Å². The van der Waals surface area contributed by atoms with E-state index in [0.29, 0.717) is 11.6 Å². The van der Waals surface area contributed by atoms with Crippen LogP contribution in [0.5, 0.6) is 5.75 Å². The molecule has 0 aliphatic rings. The Labute approximate surface area is 138 Å². The van der Waals surface area contributed by atoms with Crippen molar-refractivity contribution in [2.45, 2.75) is 13.3 Å². The van der Waals surface area contributed by atoms with Crippen LogP contribution < -0.4 is 4.74 Å². The second-order valence-electron chi connectivity index (χ2n) is 5.20. The highest BCUT2D eigenvalue weighted by molar-refractivity contribution is 6.30. The second-order valence-corrected chi connectivity index (χ2v) is 5.64. The van der Waals surface area contributed by atoms with Crippen molar-refractivity contribution in [3.05, 3.63) is 53.1 Å². The Hall–Kier alpha value is -2.46. The molecule has 0 unspecified atom stereocenters. The number of carboxylic acid groups (broad SMARTS) is 1. The fourth-order valence-electron chi connectivity index (χ4n) is 2.71. The fourth-order valence-corrected chi connectivity index (χ4v) is 2.90. The van der Waals surface area contributed by atoms with Gasteiger partial charge in [-0.1, -0.05) is 23.7 Å². The van der Waals surface area contributed by atoms with Gasteiger partial charge in [0.1, 0.15) is 5.75 Å². The lowest BCUT2D eigenvalue weighted by atomic mass is 10.0. The molecule has 1 heterocycles. The van der Waals surface area contributed by atoms with Crippen LogP contribution in [0.1, 0.15) is 12.5 Å². The molecule has 0 aliphatic heterocycles. The van der Waals surface area contributed by atoms with Gasteiger partial charge in [0.2, 0.25) is 0 Å². The number of halogens is 1. The zero-order valence-electron chi connectivity index (χ0n) is 12.6. The third-order valence-electron chi connectivity index (χ3n) is 3.63. The molecule has 3 rings (SSSR count). The van der Waals surface area contributed by atoms with Crippen molar-refractivity contribution in [3.8, 4) is 17.0 Å². The zero-order chi connectivity index (χ0) is 16.4. The standard InChI is InChI=1S/C18H16ClNO3/c1-2-23-13-6-7-16-14(9-13)15(10-17(21)22)18(20-16)11-4-3-5-12(19)8-11/h3-9,20H,2,10H2,1H3,(H,21,22). The highest BCUT2D eigenvalue weighted by Crippen LogP contribution is 2.33. The number of rotatable bonds is 5. The average Bonchev–Trinajstić information content (AvgIpc) is 2.85. The molecule has 1 aromatic heterocycles. The number of ether oxygens (including phenoxy) is 1. The summed E-state index contributed by atoms with van der Waals surface area (Å²) >= 11 is 6.07. The molecule has 0 radical (unpaired) electrons. The van der Waals surface area contributed by atoms with Gasteiger partial charge in [-0.25, -0.2) is 0 Å². The Morgan fingerprint density at radius 1 is 1.26 bits per heavy atom. The Kier molecular flexibility index (Phi) is 4.26. The van der Waals surface area contributed by atoms with E-state index < -0.39 is 5.97 Å². The molecule has 0 saturated heterocycles. The largest absolute Gasteiger partial charge is 0.494 e. The molecule has 3 aromatic rings. The van der Waals surface area contributed by atoms with Gasteiger partial charge in [0.15, 0.2) is 0 Å². The van der Waals surface area contributed by atoms with Gasteiger partial charge >= 0.3 is 5.97 Å². The summed E-state index contributed by atoms with van der Waals surface area (Å²) in [6.07, 6.45) is -0.0720. The summed E-state index contributed by atoms with van der Waals surface area (Å²) in [5.41, 5.74) is 3.25. The summed E-state index contributed by atoms with van der Waals surface area (Å²) in [6, 6.07) is 13.0. The van der Waals surface area contributed by atoms with Crippen molar-refractivity contribution in [1.82, 2.24) is 4.98 Å². The molecular formula is C18H16ClNO3. The van der Waals surface area contributed by atoms with Crippen LogP contribution in [0.2, 0.25) is 5.02 Å². The Balaban J connectivity index is 2.21. The summed E-state index contributed by atoms with van der Waals surface area (Å²) in [5, 5.41) is 10.7. The van der Waals surface area contributed by atoms with Crippen LogP contribution in [0.3, 0.4) is 0 Å². The number of H-pyrrole nitrogens is 1. The molecule has 0 spiro atoms. The minimum absolute atomic E-state index is 0.0720. The van der Waals surface area contributed by atoms with Gasteiger partial charge < -0.3 is 14.8 Å². The molecule has 23 heavy (non-hydrogen) atoms. The molecule has 0 bridgehead atoms. The van der Waals surface area contributed by atoms with E-state index >= 15 is 0 Å². The van der Waals surface area contributed by atoms with E-state index in [1.165, 1.54) is 0 Å². The Morgan fingerprint density at radius 3 is 2.78 bits per heavy atom. The van der Waals surface area contributed by atoms with E-state index in [2.05, 4.69) is 4.98 Å². The lowest BCUT2D eigenvalue weighted by molar-refractivity contribution is -0.136. The quantitative estimate of drug-likeness (QED) is 0.723. The molecule has 0 aliphatic carbocycles. The van der Waals surface area contributed by atoms with Gasteiger partial charge in [-0.3, -0.25) is 4.79 Å². The van der Waals surface area contributed by atoms with E-state index in [1.807, 2.05) is 43.3 Å². The first kappa shape index (κ1) is 15.4. The van der Waals surface area contributed by atoms with Crippen molar-refractivity contribution in [3.63, 3.8) is 0 Å². The second kappa shape index (κ2) is 6.34. The molecule has 5 heteroatoms. The van der Waals surface area contributed by atoms with Crippen molar-refractivity contribution >= 4 is 28.5 Å². The van der Waals surface area contributed by atoms with Crippen LogP contribution in [-0.4, -0.2) is 22.7 Å². The van der Waals surface area contributed by atoms with E-state index in [-0.39, 0.29) is 6.42 Å². The molecule has 0 amide bonds. The number of carbonyl (C=O) groups is 1. The first-order chi connectivity index (χ1) is 11.1. The number of nitrogens with one attached hydrogen (secondary N) is 1. The summed E-state index contributed by atoms with van der Waals surface area (Å²) in [5.74, 6) is -0.153. The van der Waals surface area contributed by atoms with E-state index in [0.717, 1.165) is 33.5 Å². The zero-order valence-corrected chi connectivity index (χ0v) is 13.4. The maximum atomic E-state index is 11.3. The number of fused-ring (bicyclic) bond motifs is 1. The molecule has 2 aromatic carbocycles. The molecular weight excluding hydrogens is 314 g/mol. The van der Waals surface area contributed by atoms with Gasteiger partial charge in [-0.2, -0.15) is 0 Å². The van der Waals surface area contributed by atoms with Crippen molar-refractivity contribution in [2.75, 3.05) is 6.61 Å². The van der Waals surface area contributed by atoms with Gasteiger partial charge in [-0.15, -0.1) is 0 Å². The molecule has 0 fully saturated rings. The highest BCUT2D eigenvalue weighted by atomic mass is 35.5. The average molecular weight is 330 g/mol. The number of hydrogen-bond acceptors (Lipinski definition) is 2. The van der Waals surface area contributed by atoms with Gasteiger partial charge in [0.05, 0.1) is 18.7 Å². The van der Waals surface area contributed by atoms with Crippen LogP contribution in [0.4, 0.5) is 0 Å². The van der Waals surface area contributed by atoms with E-state index in [1.54, 1.807) is 6.07 Å². The Bertz CT molecular complexity index is 870. The van der Waals surface area contributed by atoms with E-state index in [9.17, 15) is 9.90 Å². The summed E-state index contributed by atoms with van der Waals surface area (Å²) in [7, 11) is 0. The van der Waals surface area contributed by atoms with Crippen LogP contribution in [0.15, 0.2) is 42.5 Å². The molecule has 118 valence electrons. The van der Waals surface area contributed by atoms with Crippen LogP contribution in [-0.2, 0) is 11.2 Å². The smallest absolute Gasteiger partial charge is 0.307 e. The molecule has 2 N–H and O–H groups in total. The third kappa shape index (κ3) is 3.17. The molecule has 0 saturated carbocycles. The van der Waals surface area contributed by atoms with Crippen LogP contribution in [0.25, 0.3) is 22.2 Å². The maximum absolute atomic E-state index is 11.3. The lowest BCUT2D eigenvalue weighted by Crippen LogP contribution is -2.01. The van der Waals surface area contributed by atoms with Crippen LogP contribution >= 0.6 is 11.6 Å². The monoisotopic (exact) mass is 329 g/mol. The SMILES string of the molecule is CCOc1ccc2[nH]c(-c3cccc(Cl)c3)c(CC(=O)O)c2c1. The van der Waals surface area contributed by atoms with Crippen molar-refractivity contribution in [1.29, 1.82) is 0 Å². The first-order valence-corrected chi connectivity index (χ1v) is 7.71. The summed E-state index contributed by atoms with van der Waals surface area (Å²) in [4.78, 5) is 14.6. The Morgan fingerprint density at radius 2 is 2.09 bits per heavy atom. The maximum Gasteiger partial charge on any atom is 0.307 e. The minimum atomic E-state index is -0.879. The predicted molar refractivity (Wildman–Crippen MR) is 91.3 cm³/mol. The number of benzene rings is 2. The van der Waals surface area contributed by atoms with Crippen LogP contribution in [0, 0.1) is 0 Å². The predicted octanol–water partition coefficient (Wildman–Crippen LogP) is 4.51. The number of carboxylic acids is 1. The molecule has 0 atom stereocenters. The van der Waals surface area contributed by atoms with Gasteiger partial charge in [0, 0.05) is 15.9 Å². The highest BCUT2D eigenvalue weighted by Gasteiger charge is 2.16. The number of hydrogen-bond donors (Lipinski definition) is 2.